The van der Waals surface area contributed by atoms with Crippen molar-refractivity contribution in [2.75, 3.05) is 17.3 Å². The molecule has 0 amide bonds. The summed E-state index contributed by atoms with van der Waals surface area (Å²) in [7, 11) is 1.92. The van der Waals surface area contributed by atoms with Crippen molar-refractivity contribution in [2.24, 2.45) is 0 Å². The zero-order chi connectivity index (χ0) is 19.5. The van der Waals surface area contributed by atoms with Crippen molar-refractivity contribution in [3.8, 4) is 0 Å². The highest BCUT2D eigenvalue weighted by Gasteiger charge is 2.13. The Morgan fingerprint density at radius 3 is 2.50 bits per heavy atom. The molecule has 4 aromatic rings. The Balaban J connectivity index is 1.72. The number of para-hydroxylation sites is 1. The molecule has 1 N–H and O–H groups in total. The van der Waals surface area contributed by atoms with Crippen LogP contribution >= 0.6 is 23.2 Å². The lowest BCUT2D eigenvalue weighted by Crippen LogP contribution is -2.14. The molecule has 4 rings (SSSR count). The molecule has 140 valence electrons. The summed E-state index contributed by atoms with van der Waals surface area (Å²) in [5.41, 5.74) is 2.79. The minimum absolute atomic E-state index is 0.570. The van der Waals surface area contributed by atoms with Gasteiger partial charge in [0.25, 0.3) is 0 Å². The number of nitrogens with one attached hydrogen (secondary N) is 1. The molecule has 4 nitrogen and oxygen atoms in total. The smallest absolute Gasteiger partial charge is 0.232 e. The lowest BCUT2D eigenvalue weighted by Gasteiger charge is -2.19. The molecule has 0 fully saturated rings. The van der Waals surface area contributed by atoms with E-state index in [1.54, 1.807) is 0 Å². The molecule has 0 saturated heterocycles. The zero-order valence-corrected chi connectivity index (χ0v) is 16.7. The van der Waals surface area contributed by atoms with Crippen LogP contribution in [-0.4, -0.2) is 17.0 Å². The molecule has 6 heteroatoms. The second kappa shape index (κ2) is 8.05. The van der Waals surface area contributed by atoms with Gasteiger partial charge in [-0.25, -0.2) is 4.98 Å². The first kappa shape index (κ1) is 18.5. The first-order chi connectivity index (χ1) is 13.6. The molecule has 0 bridgehead atoms. The minimum Gasteiger partial charge on any atom is -0.365 e. The average molecular weight is 409 g/mol. The Morgan fingerprint density at radius 1 is 0.893 bits per heavy atom. The van der Waals surface area contributed by atoms with E-state index in [2.05, 4.69) is 5.32 Å². The van der Waals surface area contributed by atoms with Gasteiger partial charge in [-0.1, -0.05) is 59.6 Å². The first-order valence-electron chi connectivity index (χ1n) is 8.85. The lowest BCUT2D eigenvalue weighted by atomic mass is 10.2. The average Bonchev–Trinajstić information content (AvgIpc) is 2.72. The van der Waals surface area contributed by atoms with Crippen molar-refractivity contribution in [3.05, 3.63) is 88.4 Å². The number of rotatable bonds is 5. The topological polar surface area (TPSA) is 41.1 Å². The van der Waals surface area contributed by atoms with Crippen molar-refractivity contribution in [1.82, 2.24) is 9.97 Å². The maximum absolute atomic E-state index is 6.29. The van der Waals surface area contributed by atoms with Crippen LogP contribution in [0.15, 0.2) is 72.8 Å². The first-order valence-corrected chi connectivity index (χ1v) is 9.61. The van der Waals surface area contributed by atoms with Crippen LogP contribution in [-0.2, 0) is 6.54 Å². The van der Waals surface area contributed by atoms with Gasteiger partial charge in [-0.15, -0.1) is 0 Å². The van der Waals surface area contributed by atoms with E-state index in [9.17, 15) is 0 Å². The summed E-state index contributed by atoms with van der Waals surface area (Å²) < 4.78 is 0. The number of halogens is 2. The van der Waals surface area contributed by atoms with E-state index in [-0.39, 0.29) is 0 Å². The summed E-state index contributed by atoms with van der Waals surface area (Å²) in [6.45, 7) is 0.570. The number of fused-ring (bicyclic) bond motifs is 1. The molecular formula is C22H18Cl2N4. The fraction of sp³-hybridized carbons (Fsp3) is 0.0909. The fourth-order valence-electron chi connectivity index (χ4n) is 2.97. The van der Waals surface area contributed by atoms with Crippen LogP contribution in [0.25, 0.3) is 10.9 Å². The second-order valence-electron chi connectivity index (χ2n) is 6.37. The van der Waals surface area contributed by atoms with Gasteiger partial charge in [-0.3, -0.25) is 0 Å². The maximum atomic E-state index is 6.29. The Hall–Kier alpha value is -2.82. The summed E-state index contributed by atoms with van der Waals surface area (Å²) in [6, 6.07) is 23.3. The van der Waals surface area contributed by atoms with Gasteiger partial charge in [0.05, 0.1) is 5.52 Å². The normalized spacial score (nSPS) is 10.8. The third kappa shape index (κ3) is 3.88. The highest BCUT2D eigenvalue weighted by molar-refractivity contribution is 6.31. The standard InChI is InChI=1S/C22H18Cl2N4/c1-28(17-9-6-8-16(23)13-17)22-26-20-12-5-3-10-18(20)21(27-22)25-14-15-7-2-4-11-19(15)24/h2-13H,14H2,1H3,(H,25,26,27). The molecule has 0 aliphatic heterocycles. The van der Waals surface area contributed by atoms with Gasteiger partial charge < -0.3 is 10.2 Å². The number of nitrogens with zero attached hydrogens (tertiary/aromatic N) is 3. The van der Waals surface area contributed by atoms with E-state index in [0.717, 1.165) is 33.0 Å². The van der Waals surface area contributed by atoms with Gasteiger partial charge in [0.1, 0.15) is 5.82 Å². The number of anilines is 3. The second-order valence-corrected chi connectivity index (χ2v) is 7.22. The number of hydrogen-bond acceptors (Lipinski definition) is 4. The largest absolute Gasteiger partial charge is 0.365 e. The monoisotopic (exact) mass is 408 g/mol. The summed E-state index contributed by atoms with van der Waals surface area (Å²) in [6.07, 6.45) is 0. The Kier molecular flexibility index (Phi) is 5.33. The van der Waals surface area contributed by atoms with E-state index in [1.807, 2.05) is 84.7 Å². The Bertz CT molecular complexity index is 1130. The molecule has 28 heavy (non-hydrogen) atoms. The van der Waals surface area contributed by atoms with Crippen molar-refractivity contribution in [1.29, 1.82) is 0 Å². The quantitative estimate of drug-likeness (QED) is 0.419. The SMILES string of the molecule is CN(c1cccc(Cl)c1)c1nc(NCc2ccccc2Cl)c2ccccc2n1. The molecule has 0 atom stereocenters. The molecule has 0 radical (unpaired) electrons. The van der Waals surface area contributed by atoms with Crippen LogP contribution in [0, 0.1) is 0 Å². The van der Waals surface area contributed by atoms with Crippen molar-refractivity contribution < 1.29 is 0 Å². The fourth-order valence-corrected chi connectivity index (χ4v) is 3.36. The molecule has 1 aromatic heterocycles. The van der Waals surface area contributed by atoms with Crippen LogP contribution < -0.4 is 10.2 Å². The van der Waals surface area contributed by atoms with E-state index in [0.29, 0.717) is 17.5 Å². The summed E-state index contributed by atoms with van der Waals surface area (Å²) in [5, 5.41) is 5.77. The van der Waals surface area contributed by atoms with Gasteiger partial charge >= 0.3 is 0 Å². The van der Waals surface area contributed by atoms with E-state index < -0.39 is 0 Å². The molecule has 1 heterocycles. The number of aromatic nitrogens is 2. The van der Waals surface area contributed by atoms with E-state index >= 15 is 0 Å². The molecule has 0 spiro atoms. The van der Waals surface area contributed by atoms with Gasteiger partial charge in [0.2, 0.25) is 5.95 Å². The summed E-state index contributed by atoms with van der Waals surface area (Å²) >= 11 is 12.4. The van der Waals surface area contributed by atoms with Crippen molar-refractivity contribution in [2.45, 2.75) is 6.54 Å². The van der Waals surface area contributed by atoms with Crippen LogP contribution in [0.1, 0.15) is 5.56 Å². The van der Waals surface area contributed by atoms with Crippen molar-refractivity contribution in [3.63, 3.8) is 0 Å². The van der Waals surface area contributed by atoms with Gasteiger partial charge in [0.15, 0.2) is 0 Å². The molecule has 0 aliphatic rings. The lowest BCUT2D eigenvalue weighted by molar-refractivity contribution is 1.04. The number of hydrogen-bond donors (Lipinski definition) is 1. The van der Waals surface area contributed by atoms with Gasteiger partial charge in [0, 0.05) is 34.7 Å². The van der Waals surface area contributed by atoms with Crippen LogP contribution in [0.4, 0.5) is 17.5 Å². The Morgan fingerprint density at radius 2 is 1.68 bits per heavy atom. The van der Waals surface area contributed by atoms with E-state index in [1.165, 1.54) is 0 Å². The molecular weight excluding hydrogens is 391 g/mol. The van der Waals surface area contributed by atoms with Crippen LogP contribution in [0.3, 0.4) is 0 Å². The highest BCUT2D eigenvalue weighted by atomic mass is 35.5. The maximum Gasteiger partial charge on any atom is 0.232 e. The van der Waals surface area contributed by atoms with Gasteiger partial charge in [-0.05, 0) is 42.0 Å². The predicted molar refractivity (Wildman–Crippen MR) is 118 cm³/mol. The highest BCUT2D eigenvalue weighted by Crippen LogP contribution is 2.28. The molecule has 0 saturated carbocycles. The van der Waals surface area contributed by atoms with Crippen LogP contribution in [0.5, 0.6) is 0 Å². The van der Waals surface area contributed by atoms with E-state index in [4.69, 9.17) is 33.2 Å². The molecule has 0 aliphatic carbocycles. The zero-order valence-electron chi connectivity index (χ0n) is 15.2. The van der Waals surface area contributed by atoms with Crippen molar-refractivity contribution >= 4 is 51.6 Å². The van der Waals surface area contributed by atoms with Gasteiger partial charge in [-0.2, -0.15) is 4.98 Å². The minimum atomic E-state index is 0.570. The summed E-state index contributed by atoms with van der Waals surface area (Å²) in [5.74, 6) is 1.34. The predicted octanol–water partition coefficient (Wildman–Crippen LogP) is 6.32. The van der Waals surface area contributed by atoms with Crippen LogP contribution in [0.2, 0.25) is 10.0 Å². The number of benzene rings is 3. The third-order valence-electron chi connectivity index (χ3n) is 4.49. The molecule has 0 unspecified atom stereocenters. The summed E-state index contributed by atoms with van der Waals surface area (Å²) in [4.78, 5) is 11.4. The third-order valence-corrected chi connectivity index (χ3v) is 5.09. The molecule has 3 aromatic carbocycles. The Labute approximate surface area is 173 Å².